The normalized spacial score (nSPS) is 12.6. The molecule has 0 saturated carbocycles. The third-order valence-corrected chi connectivity index (χ3v) is 3.98. The number of aryl methyl sites for hydroxylation is 2. The topological polar surface area (TPSA) is 24.9 Å². The fraction of sp³-hybridized carbons (Fsp3) is 0.400. The summed E-state index contributed by atoms with van der Waals surface area (Å²) in [4.78, 5) is 4.35. The van der Waals surface area contributed by atoms with Crippen molar-refractivity contribution in [1.29, 1.82) is 0 Å². The van der Waals surface area contributed by atoms with Crippen LogP contribution in [0, 0.1) is 6.92 Å². The van der Waals surface area contributed by atoms with Crippen LogP contribution < -0.4 is 5.32 Å². The van der Waals surface area contributed by atoms with Gasteiger partial charge in [0.2, 0.25) is 0 Å². The molecule has 1 N–H and O–H groups in total. The Morgan fingerprint density at radius 3 is 2.94 bits per heavy atom. The molecule has 1 heterocycles. The van der Waals surface area contributed by atoms with E-state index in [1.54, 1.807) is 11.3 Å². The highest BCUT2D eigenvalue weighted by Crippen LogP contribution is 2.12. The van der Waals surface area contributed by atoms with Crippen LogP contribution in [0.2, 0.25) is 0 Å². The van der Waals surface area contributed by atoms with E-state index in [1.807, 2.05) is 18.6 Å². The van der Waals surface area contributed by atoms with Crippen LogP contribution >= 0.6 is 11.3 Å². The molecule has 0 aliphatic carbocycles. The molecule has 18 heavy (non-hydrogen) atoms. The molecular formula is C15H20N2S. The molecule has 0 bridgehead atoms. The SMILES string of the molecule is CNC(CCc1cccc(C)c1)Cc1nccs1. The zero-order valence-corrected chi connectivity index (χ0v) is 11.8. The average molecular weight is 260 g/mol. The number of benzene rings is 1. The number of hydrogen-bond acceptors (Lipinski definition) is 3. The summed E-state index contributed by atoms with van der Waals surface area (Å²) in [6, 6.07) is 9.28. The summed E-state index contributed by atoms with van der Waals surface area (Å²) in [6.07, 6.45) is 5.19. The van der Waals surface area contributed by atoms with E-state index in [0.717, 1.165) is 19.3 Å². The lowest BCUT2D eigenvalue weighted by Gasteiger charge is -2.14. The molecule has 0 spiro atoms. The highest BCUT2D eigenvalue weighted by molar-refractivity contribution is 7.09. The van der Waals surface area contributed by atoms with Crippen LogP contribution in [0.5, 0.6) is 0 Å². The standard InChI is InChI=1S/C15H20N2S/c1-12-4-3-5-13(10-12)6-7-14(16-2)11-15-17-8-9-18-15/h3-5,8-10,14,16H,6-7,11H2,1-2H3. The number of thiazole rings is 1. The molecule has 2 aromatic rings. The zero-order valence-electron chi connectivity index (χ0n) is 11.0. The van der Waals surface area contributed by atoms with E-state index in [-0.39, 0.29) is 0 Å². The largest absolute Gasteiger partial charge is 0.317 e. The maximum atomic E-state index is 4.35. The maximum Gasteiger partial charge on any atom is 0.0940 e. The summed E-state index contributed by atoms with van der Waals surface area (Å²) in [5.74, 6) is 0. The molecule has 0 fully saturated rings. The molecule has 1 aromatic carbocycles. The van der Waals surface area contributed by atoms with Crippen molar-refractivity contribution in [3.05, 3.63) is 52.0 Å². The first-order valence-electron chi connectivity index (χ1n) is 6.39. The second-order valence-electron chi connectivity index (χ2n) is 4.64. The van der Waals surface area contributed by atoms with Crippen LogP contribution in [0.1, 0.15) is 22.6 Å². The van der Waals surface area contributed by atoms with E-state index in [1.165, 1.54) is 16.1 Å². The first-order valence-corrected chi connectivity index (χ1v) is 7.27. The van der Waals surface area contributed by atoms with Gasteiger partial charge in [-0.05, 0) is 32.4 Å². The van der Waals surface area contributed by atoms with Crippen molar-refractivity contribution in [2.75, 3.05) is 7.05 Å². The fourth-order valence-corrected chi connectivity index (χ4v) is 2.82. The van der Waals surface area contributed by atoms with Gasteiger partial charge in [0.15, 0.2) is 0 Å². The second kappa shape index (κ2) is 6.66. The lowest BCUT2D eigenvalue weighted by Crippen LogP contribution is -2.28. The predicted molar refractivity (Wildman–Crippen MR) is 78.2 cm³/mol. The minimum Gasteiger partial charge on any atom is -0.317 e. The van der Waals surface area contributed by atoms with Gasteiger partial charge < -0.3 is 5.32 Å². The fourth-order valence-electron chi connectivity index (χ4n) is 2.12. The monoisotopic (exact) mass is 260 g/mol. The first kappa shape index (κ1) is 13.2. The summed E-state index contributed by atoms with van der Waals surface area (Å²) < 4.78 is 0. The number of aromatic nitrogens is 1. The third kappa shape index (κ3) is 3.93. The summed E-state index contributed by atoms with van der Waals surface area (Å²) >= 11 is 1.74. The number of rotatable bonds is 6. The van der Waals surface area contributed by atoms with Gasteiger partial charge in [-0.15, -0.1) is 11.3 Å². The number of nitrogens with one attached hydrogen (secondary N) is 1. The van der Waals surface area contributed by atoms with Crippen molar-refractivity contribution >= 4 is 11.3 Å². The lowest BCUT2D eigenvalue weighted by molar-refractivity contribution is 0.519. The maximum absolute atomic E-state index is 4.35. The summed E-state index contributed by atoms with van der Waals surface area (Å²) in [7, 11) is 2.04. The Kier molecular flexibility index (Phi) is 4.90. The van der Waals surface area contributed by atoms with Crippen LogP contribution in [-0.2, 0) is 12.8 Å². The van der Waals surface area contributed by atoms with Crippen molar-refractivity contribution in [1.82, 2.24) is 10.3 Å². The van der Waals surface area contributed by atoms with Crippen molar-refractivity contribution < 1.29 is 0 Å². The molecule has 0 amide bonds. The molecule has 3 heteroatoms. The van der Waals surface area contributed by atoms with Gasteiger partial charge in [0.25, 0.3) is 0 Å². The van der Waals surface area contributed by atoms with Crippen molar-refractivity contribution in [2.24, 2.45) is 0 Å². The number of nitrogens with zero attached hydrogens (tertiary/aromatic N) is 1. The molecule has 2 nitrogen and oxygen atoms in total. The summed E-state index contributed by atoms with van der Waals surface area (Å²) in [6.45, 7) is 2.15. The van der Waals surface area contributed by atoms with Gasteiger partial charge in [-0.1, -0.05) is 29.8 Å². The third-order valence-electron chi connectivity index (χ3n) is 3.18. The Morgan fingerprint density at radius 1 is 1.39 bits per heavy atom. The van der Waals surface area contributed by atoms with E-state index >= 15 is 0 Å². The van der Waals surface area contributed by atoms with Gasteiger partial charge >= 0.3 is 0 Å². The number of hydrogen-bond donors (Lipinski definition) is 1. The van der Waals surface area contributed by atoms with Crippen molar-refractivity contribution in [3.8, 4) is 0 Å². The molecule has 96 valence electrons. The van der Waals surface area contributed by atoms with Crippen LogP contribution in [0.15, 0.2) is 35.8 Å². The highest BCUT2D eigenvalue weighted by atomic mass is 32.1. The van der Waals surface area contributed by atoms with Crippen LogP contribution in [0.25, 0.3) is 0 Å². The van der Waals surface area contributed by atoms with Gasteiger partial charge in [-0.2, -0.15) is 0 Å². The molecule has 1 atom stereocenters. The van der Waals surface area contributed by atoms with Crippen molar-refractivity contribution in [3.63, 3.8) is 0 Å². The van der Waals surface area contributed by atoms with E-state index in [9.17, 15) is 0 Å². The minimum atomic E-state index is 0.511. The van der Waals surface area contributed by atoms with Crippen LogP contribution in [0.3, 0.4) is 0 Å². The van der Waals surface area contributed by atoms with E-state index < -0.39 is 0 Å². The molecule has 0 aliphatic heterocycles. The molecule has 0 radical (unpaired) electrons. The first-order chi connectivity index (χ1) is 8.78. The second-order valence-corrected chi connectivity index (χ2v) is 5.62. The zero-order chi connectivity index (χ0) is 12.8. The Hall–Kier alpha value is -1.19. The van der Waals surface area contributed by atoms with Gasteiger partial charge in [-0.25, -0.2) is 4.98 Å². The molecule has 0 saturated heterocycles. The van der Waals surface area contributed by atoms with Gasteiger partial charge in [0, 0.05) is 24.0 Å². The van der Waals surface area contributed by atoms with Gasteiger partial charge in [-0.3, -0.25) is 0 Å². The smallest absolute Gasteiger partial charge is 0.0940 e. The lowest BCUT2D eigenvalue weighted by atomic mass is 10.0. The van der Waals surface area contributed by atoms with Gasteiger partial charge in [0.05, 0.1) is 5.01 Å². The van der Waals surface area contributed by atoms with E-state index in [4.69, 9.17) is 0 Å². The number of likely N-dealkylation sites (N-methyl/N-ethyl adjacent to an activating group) is 1. The highest BCUT2D eigenvalue weighted by Gasteiger charge is 2.09. The Labute approximate surface area is 113 Å². The van der Waals surface area contributed by atoms with E-state index in [0.29, 0.717) is 6.04 Å². The minimum absolute atomic E-state index is 0.511. The molecule has 2 rings (SSSR count). The van der Waals surface area contributed by atoms with Crippen molar-refractivity contribution in [2.45, 2.75) is 32.2 Å². The van der Waals surface area contributed by atoms with Gasteiger partial charge in [0.1, 0.15) is 0 Å². The quantitative estimate of drug-likeness (QED) is 0.862. The molecule has 0 aliphatic rings. The van der Waals surface area contributed by atoms with Crippen LogP contribution in [-0.4, -0.2) is 18.1 Å². The predicted octanol–water partition coefficient (Wildman–Crippen LogP) is 3.21. The molecule has 1 unspecified atom stereocenters. The van der Waals surface area contributed by atoms with E-state index in [2.05, 4.69) is 41.5 Å². The Bertz CT molecular complexity index is 465. The summed E-state index contributed by atoms with van der Waals surface area (Å²) in [5.41, 5.74) is 2.77. The molecular weight excluding hydrogens is 240 g/mol. The van der Waals surface area contributed by atoms with Crippen LogP contribution in [0.4, 0.5) is 0 Å². The average Bonchev–Trinajstić information content (AvgIpc) is 2.87. The Morgan fingerprint density at radius 2 is 2.28 bits per heavy atom. The Balaban J connectivity index is 1.87. The molecule has 1 aromatic heterocycles. The summed E-state index contributed by atoms with van der Waals surface area (Å²) in [5, 5.41) is 6.66.